The van der Waals surface area contributed by atoms with Gasteiger partial charge in [0.25, 0.3) is 0 Å². The number of thioether (sulfide) groups is 1. The fraction of sp³-hybridized carbons (Fsp3) is 0.533. The molecule has 23 heavy (non-hydrogen) atoms. The van der Waals surface area contributed by atoms with E-state index in [1.54, 1.807) is 18.4 Å². The second-order valence-electron chi connectivity index (χ2n) is 5.85. The summed E-state index contributed by atoms with van der Waals surface area (Å²) < 4.78 is 6.63. The SMILES string of the molecule is CC(Sc1nnc(-c2ccco2)n1N)C(=O)N(C(C)C)C(C)C. The smallest absolute Gasteiger partial charge is 0.236 e. The van der Waals surface area contributed by atoms with Gasteiger partial charge in [-0.1, -0.05) is 11.8 Å². The van der Waals surface area contributed by atoms with Gasteiger partial charge < -0.3 is 15.2 Å². The third kappa shape index (κ3) is 3.69. The highest BCUT2D eigenvalue weighted by atomic mass is 32.2. The summed E-state index contributed by atoms with van der Waals surface area (Å²) in [6.45, 7) is 9.89. The van der Waals surface area contributed by atoms with Gasteiger partial charge >= 0.3 is 0 Å². The molecule has 1 amide bonds. The number of nitrogen functional groups attached to an aromatic ring is 1. The van der Waals surface area contributed by atoms with Gasteiger partial charge in [0, 0.05) is 12.1 Å². The maximum Gasteiger partial charge on any atom is 0.236 e. The van der Waals surface area contributed by atoms with Gasteiger partial charge in [-0.05, 0) is 46.8 Å². The van der Waals surface area contributed by atoms with Crippen LogP contribution in [0.4, 0.5) is 0 Å². The molecule has 0 bridgehead atoms. The standard InChI is InChI=1S/C15H23N5O2S/c1-9(2)19(10(3)4)14(21)11(5)23-15-18-17-13(20(15)16)12-7-6-8-22-12/h6-11H,16H2,1-5H3. The third-order valence-corrected chi connectivity index (χ3v) is 4.45. The molecule has 0 aliphatic heterocycles. The van der Waals surface area contributed by atoms with Gasteiger partial charge in [-0.2, -0.15) is 0 Å². The zero-order valence-corrected chi connectivity index (χ0v) is 14.9. The van der Waals surface area contributed by atoms with Crippen molar-refractivity contribution in [1.82, 2.24) is 19.8 Å². The van der Waals surface area contributed by atoms with E-state index in [0.717, 1.165) is 0 Å². The Bertz CT molecular complexity index is 643. The molecule has 2 N–H and O–H groups in total. The Morgan fingerprint density at radius 2 is 1.91 bits per heavy atom. The molecule has 1 atom stereocenters. The summed E-state index contributed by atoms with van der Waals surface area (Å²) in [4.78, 5) is 14.5. The van der Waals surface area contributed by atoms with Crippen molar-refractivity contribution in [3.05, 3.63) is 18.4 Å². The van der Waals surface area contributed by atoms with Crippen LogP contribution in [0.25, 0.3) is 11.6 Å². The van der Waals surface area contributed by atoms with Crippen LogP contribution in [-0.4, -0.2) is 43.0 Å². The van der Waals surface area contributed by atoms with Crippen LogP contribution in [0.15, 0.2) is 28.0 Å². The number of hydrogen-bond acceptors (Lipinski definition) is 6. The average Bonchev–Trinajstić information content (AvgIpc) is 3.08. The number of nitrogens with zero attached hydrogens (tertiary/aromatic N) is 4. The molecule has 1 unspecified atom stereocenters. The third-order valence-electron chi connectivity index (χ3n) is 3.40. The van der Waals surface area contributed by atoms with Crippen LogP contribution >= 0.6 is 11.8 Å². The topological polar surface area (TPSA) is 90.2 Å². The van der Waals surface area contributed by atoms with Crippen LogP contribution in [0.5, 0.6) is 0 Å². The second-order valence-corrected chi connectivity index (χ2v) is 7.15. The summed E-state index contributed by atoms with van der Waals surface area (Å²) in [5.41, 5.74) is 0. The van der Waals surface area contributed by atoms with Gasteiger partial charge in [-0.25, -0.2) is 4.68 Å². The predicted octanol–water partition coefficient (Wildman–Crippen LogP) is 2.38. The molecular formula is C15H23N5O2S. The van der Waals surface area contributed by atoms with Crippen LogP contribution in [0.2, 0.25) is 0 Å². The van der Waals surface area contributed by atoms with Crippen LogP contribution in [0.3, 0.4) is 0 Å². The minimum Gasteiger partial charge on any atom is -0.461 e. The molecule has 0 radical (unpaired) electrons. The summed E-state index contributed by atoms with van der Waals surface area (Å²) in [5, 5.41) is 8.26. The Labute approximate surface area is 140 Å². The maximum atomic E-state index is 12.7. The molecule has 126 valence electrons. The minimum atomic E-state index is -0.309. The number of hydrogen-bond donors (Lipinski definition) is 1. The largest absolute Gasteiger partial charge is 0.461 e. The lowest BCUT2D eigenvalue weighted by molar-refractivity contribution is -0.133. The molecule has 2 aromatic heterocycles. The fourth-order valence-electron chi connectivity index (χ4n) is 2.45. The molecule has 2 heterocycles. The van der Waals surface area contributed by atoms with E-state index in [1.165, 1.54) is 16.4 Å². The molecule has 0 saturated carbocycles. The molecule has 2 rings (SSSR count). The van der Waals surface area contributed by atoms with Crippen LogP contribution in [0, 0.1) is 0 Å². The summed E-state index contributed by atoms with van der Waals surface area (Å²) in [7, 11) is 0. The van der Waals surface area contributed by atoms with E-state index in [2.05, 4.69) is 10.2 Å². The Balaban J connectivity index is 2.14. The molecule has 8 heteroatoms. The van der Waals surface area contributed by atoms with E-state index in [0.29, 0.717) is 16.7 Å². The van der Waals surface area contributed by atoms with E-state index < -0.39 is 0 Å². The molecule has 7 nitrogen and oxygen atoms in total. The first-order valence-corrected chi connectivity index (χ1v) is 8.44. The Morgan fingerprint density at radius 1 is 1.26 bits per heavy atom. The number of rotatable bonds is 6. The average molecular weight is 337 g/mol. The lowest BCUT2D eigenvalue weighted by atomic mass is 10.2. The highest BCUT2D eigenvalue weighted by Gasteiger charge is 2.27. The number of amides is 1. The second kappa shape index (κ2) is 7.08. The number of furan rings is 1. The predicted molar refractivity (Wildman–Crippen MR) is 90.3 cm³/mol. The van der Waals surface area contributed by atoms with Crippen molar-refractivity contribution >= 4 is 17.7 Å². The van der Waals surface area contributed by atoms with Gasteiger partial charge in [0.1, 0.15) is 0 Å². The van der Waals surface area contributed by atoms with Crippen molar-refractivity contribution < 1.29 is 9.21 Å². The first kappa shape index (κ1) is 17.4. The lowest BCUT2D eigenvalue weighted by Crippen LogP contribution is -2.45. The summed E-state index contributed by atoms with van der Waals surface area (Å²) >= 11 is 1.29. The lowest BCUT2D eigenvalue weighted by Gasteiger charge is -2.32. The van der Waals surface area contributed by atoms with Gasteiger partial charge in [0.2, 0.25) is 16.9 Å². The molecule has 0 aromatic carbocycles. The van der Waals surface area contributed by atoms with Crippen LogP contribution in [0.1, 0.15) is 34.6 Å². The highest BCUT2D eigenvalue weighted by molar-refractivity contribution is 8.00. The Kier molecular flexibility index (Phi) is 5.35. The monoisotopic (exact) mass is 337 g/mol. The van der Waals surface area contributed by atoms with E-state index >= 15 is 0 Å². The zero-order valence-electron chi connectivity index (χ0n) is 14.1. The van der Waals surface area contributed by atoms with Gasteiger partial charge in [-0.3, -0.25) is 4.79 Å². The van der Waals surface area contributed by atoms with Crippen molar-refractivity contribution in [3.63, 3.8) is 0 Å². The van der Waals surface area contributed by atoms with Crippen molar-refractivity contribution in [2.75, 3.05) is 5.84 Å². The van der Waals surface area contributed by atoms with Gasteiger partial charge in [-0.15, -0.1) is 10.2 Å². The van der Waals surface area contributed by atoms with Crippen molar-refractivity contribution in [3.8, 4) is 11.6 Å². The number of carbonyl (C=O) groups excluding carboxylic acids is 1. The Morgan fingerprint density at radius 3 is 2.43 bits per heavy atom. The van der Waals surface area contributed by atoms with Crippen molar-refractivity contribution in [2.24, 2.45) is 0 Å². The molecule has 0 saturated heterocycles. The molecule has 0 aliphatic carbocycles. The molecule has 0 spiro atoms. The minimum absolute atomic E-state index is 0.0579. The first-order chi connectivity index (χ1) is 10.8. The first-order valence-electron chi connectivity index (χ1n) is 7.56. The Hall–Kier alpha value is -1.96. The molecule has 0 aliphatic rings. The number of aromatic nitrogens is 3. The normalized spacial score (nSPS) is 12.8. The fourth-order valence-corrected chi connectivity index (χ4v) is 3.28. The molecule has 2 aromatic rings. The van der Waals surface area contributed by atoms with Crippen molar-refractivity contribution in [2.45, 2.75) is 57.1 Å². The van der Waals surface area contributed by atoms with Crippen LogP contribution < -0.4 is 5.84 Å². The summed E-state index contributed by atoms with van der Waals surface area (Å²) in [6.07, 6.45) is 1.55. The van der Waals surface area contributed by atoms with E-state index in [4.69, 9.17) is 10.3 Å². The van der Waals surface area contributed by atoms with E-state index in [1.807, 2.05) is 39.5 Å². The van der Waals surface area contributed by atoms with Crippen LogP contribution in [-0.2, 0) is 4.79 Å². The van der Waals surface area contributed by atoms with Crippen molar-refractivity contribution in [1.29, 1.82) is 0 Å². The van der Waals surface area contributed by atoms with E-state index in [9.17, 15) is 4.79 Å². The van der Waals surface area contributed by atoms with Gasteiger partial charge in [0.05, 0.1) is 11.5 Å². The number of nitrogens with two attached hydrogens (primary N) is 1. The highest BCUT2D eigenvalue weighted by Crippen LogP contribution is 2.26. The number of carbonyl (C=O) groups is 1. The van der Waals surface area contributed by atoms with Gasteiger partial charge in [0.15, 0.2) is 5.76 Å². The van der Waals surface area contributed by atoms with E-state index in [-0.39, 0.29) is 23.2 Å². The molecular weight excluding hydrogens is 314 g/mol. The molecule has 0 fully saturated rings. The summed E-state index contributed by atoms with van der Waals surface area (Å²) in [6, 6.07) is 3.79. The zero-order chi connectivity index (χ0) is 17.1. The summed E-state index contributed by atoms with van der Waals surface area (Å²) in [5.74, 6) is 7.05. The quantitative estimate of drug-likeness (QED) is 0.643. The maximum absolute atomic E-state index is 12.7.